The molecule has 2 aromatic rings. The first-order valence-corrected chi connectivity index (χ1v) is 8.52. The van der Waals surface area contributed by atoms with E-state index < -0.39 is 0 Å². The van der Waals surface area contributed by atoms with E-state index in [0.717, 1.165) is 25.9 Å². The van der Waals surface area contributed by atoms with Gasteiger partial charge in [0, 0.05) is 29.5 Å². The lowest BCUT2D eigenvalue weighted by Gasteiger charge is -2.23. The molecule has 0 aromatic carbocycles. The van der Waals surface area contributed by atoms with Gasteiger partial charge in [0.15, 0.2) is 0 Å². The predicted octanol–water partition coefficient (Wildman–Crippen LogP) is 2.45. The monoisotopic (exact) mass is 318 g/mol. The standard InChI is InChI=1S/C16H22N4OS/c1-12-5-6-14(22-12)11-19(2)16(21)15-7-9-20(18-15)13-4-3-8-17-10-13/h5-7,9,13,17H,3-4,8,10-11H2,1-2H3. The maximum Gasteiger partial charge on any atom is 0.274 e. The molecule has 1 aliphatic heterocycles. The third kappa shape index (κ3) is 3.39. The van der Waals surface area contributed by atoms with Crippen molar-refractivity contribution in [3.05, 3.63) is 39.8 Å². The van der Waals surface area contributed by atoms with Crippen molar-refractivity contribution >= 4 is 17.2 Å². The average Bonchev–Trinajstić information content (AvgIpc) is 3.17. The number of nitrogens with zero attached hydrogens (tertiary/aromatic N) is 3. The van der Waals surface area contributed by atoms with Gasteiger partial charge in [0.05, 0.1) is 12.6 Å². The Kier molecular flexibility index (Phi) is 4.59. The van der Waals surface area contributed by atoms with E-state index in [1.54, 1.807) is 16.2 Å². The zero-order valence-electron chi connectivity index (χ0n) is 13.1. The summed E-state index contributed by atoms with van der Waals surface area (Å²) in [6.07, 6.45) is 4.20. The molecule has 0 saturated carbocycles. The molecule has 1 fully saturated rings. The van der Waals surface area contributed by atoms with E-state index in [1.165, 1.54) is 9.75 Å². The number of rotatable bonds is 4. The molecule has 1 aliphatic rings. The van der Waals surface area contributed by atoms with E-state index in [9.17, 15) is 4.79 Å². The third-order valence-corrected chi connectivity index (χ3v) is 4.99. The smallest absolute Gasteiger partial charge is 0.274 e. The van der Waals surface area contributed by atoms with Crippen LogP contribution in [-0.4, -0.2) is 40.7 Å². The van der Waals surface area contributed by atoms with Crippen LogP contribution in [0.15, 0.2) is 24.4 Å². The van der Waals surface area contributed by atoms with Gasteiger partial charge >= 0.3 is 0 Å². The molecule has 3 heterocycles. The van der Waals surface area contributed by atoms with Gasteiger partial charge in [-0.25, -0.2) is 0 Å². The molecular formula is C16H22N4OS. The molecule has 2 aromatic heterocycles. The second-order valence-electron chi connectivity index (χ2n) is 5.85. The summed E-state index contributed by atoms with van der Waals surface area (Å²) in [5.41, 5.74) is 0.529. The molecule has 5 nitrogen and oxygen atoms in total. The molecule has 1 unspecified atom stereocenters. The van der Waals surface area contributed by atoms with Gasteiger partial charge in [0.25, 0.3) is 5.91 Å². The van der Waals surface area contributed by atoms with E-state index in [0.29, 0.717) is 18.3 Å². The van der Waals surface area contributed by atoms with Gasteiger partial charge in [-0.05, 0) is 44.5 Å². The number of amides is 1. The maximum absolute atomic E-state index is 12.5. The number of carbonyl (C=O) groups is 1. The Labute approximate surface area is 134 Å². The van der Waals surface area contributed by atoms with Crippen LogP contribution in [0.1, 0.15) is 39.1 Å². The topological polar surface area (TPSA) is 50.2 Å². The number of piperidine rings is 1. The fourth-order valence-corrected chi connectivity index (χ4v) is 3.73. The fraction of sp³-hybridized carbons (Fsp3) is 0.500. The maximum atomic E-state index is 12.5. The summed E-state index contributed by atoms with van der Waals surface area (Å²) in [7, 11) is 1.83. The molecule has 22 heavy (non-hydrogen) atoms. The molecule has 0 spiro atoms. The highest BCUT2D eigenvalue weighted by atomic mass is 32.1. The van der Waals surface area contributed by atoms with Gasteiger partial charge < -0.3 is 10.2 Å². The number of thiophene rings is 1. The number of hydrogen-bond acceptors (Lipinski definition) is 4. The Hall–Kier alpha value is -1.66. The van der Waals surface area contributed by atoms with Crippen molar-refractivity contribution in [3.63, 3.8) is 0 Å². The number of carbonyl (C=O) groups excluding carboxylic acids is 1. The van der Waals surface area contributed by atoms with Crippen LogP contribution >= 0.6 is 11.3 Å². The van der Waals surface area contributed by atoms with Crippen molar-refractivity contribution in [1.29, 1.82) is 0 Å². The number of aryl methyl sites for hydroxylation is 1. The van der Waals surface area contributed by atoms with Crippen molar-refractivity contribution in [3.8, 4) is 0 Å². The molecule has 118 valence electrons. The molecule has 0 bridgehead atoms. The average molecular weight is 318 g/mol. The highest BCUT2D eigenvalue weighted by molar-refractivity contribution is 7.11. The lowest BCUT2D eigenvalue weighted by atomic mass is 10.1. The molecule has 6 heteroatoms. The molecule has 1 saturated heterocycles. The van der Waals surface area contributed by atoms with Crippen LogP contribution in [0.5, 0.6) is 0 Å². The highest BCUT2D eigenvalue weighted by Crippen LogP contribution is 2.19. The van der Waals surface area contributed by atoms with E-state index in [-0.39, 0.29) is 5.91 Å². The van der Waals surface area contributed by atoms with Gasteiger partial charge in [-0.3, -0.25) is 9.48 Å². The van der Waals surface area contributed by atoms with E-state index in [2.05, 4.69) is 29.5 Å². The van der Waals surface area contributed by atoms with Crippen LogP contribution in [0, 0.1) is 6.92 Å². The molecule has 0 aliphatic carbocycles. The van der Waals surface area contributed by atoms with Gasteiger partial charge in [0.2, 0.25) is 0 Å². The zero-order chi connectivity index (χ0) is 15.5. The van der Waals surface area contributed by atoms with Crippen molar-refractivity contribution in [1.82, 2.24) is 20.0 Å². The number of aromatic nitrogens is 2. The number of nitrogens with one attached hydrogen (secondary N) is 1. The van der Waals surface area contributed by atoms with Crippen LogP contribution in [0.2, 0.25) is 0 Å². The van der Waals surface area contributed by atoms with Crippen LogP contribution in [0.25, 0.3) is 0 Å². The summed E-state index contributed by atoms with van der Waals surface area (Å²) in [6.45, 7) is 4.72. The third-order valence-electron chi connectivity index (χ3n) is 4.01. The molecule has 1 atom stereocenters. The lowest BCUT2D eigenvalue weighted by Crippen LogP contribution is -2.32. The SMILES string of the molecule is Cc1ccc(CN(C)C(=O)c2ccn(C3CCCNC3)n2)s1. The van der Waals surface area contributed by atoms with Gasteiger partial charge in [-0.1, -0.05) is 0 Å². The Balaban J connectivity index is 1.65. The Bertz CT molecular complexity index is 642. The molecule has 0 radical (unpaired) electrons. The van der Waals surface area contributed by atoms with Crippen LogP contribution in [0.3, 0.4) is 0 Å². The largest absolute Gasteiger partial charge is 0.335 e. The molecule has 1 amide bonds. The summed E-state index contributed by atoms with van der Waals surface area (Å²) in [6, 6.07) is 6.35. The summed E-state index contributed by atoms with van der Waals surface area (Å²) < 4.78 is 1.93. The second-order valence-corrected chi connectivity index (χ2v) is 7.23. The minimum atomic E-state index is -0.0198. The normalized spacial score (nSPS) is 18.4. The van der Waals surface area contributed by atoms with Crippen molar-refractivity contribution in [2.75, 3.05) is 20.1 Å². The lowest BCUT2D eigenvalue weighted by molar-refractivity contribution is 0.0779. The van der Waals surface area contributed by atoms with Crippen molar-refractivity contribution in [2.45, 2.75) is 32.4 Å². The minimum absolute atomic E-state index is 0.0198. The van der Waals surface area contributed by atoms with E-state index >= 15 is 0 Å². The van der Waals surface area contributed by atoms with E-state index in [1.807, 2.05) is 24.0 Å². The first kappa shape index (κ1) is 15.2. The van der Waals surface area contributed by atoms with Crippen LogP contribution in [0.4, 0.5) is 0 Å². The van der Waals surface area contributed by atoms with Crippen molar-refractivity contribution < 1.29 is 4.79 Å². The van der Waals surface area contributed by atoms with Crippen LogP contribution < -0.4 is 5.32 Å². The first-order valence-electron chi connectivity index (χ1n) is 7.70. The quantitative estimate of drug-likeness (QED) is 0.942. The fourth-order valence-electron chi connectivity index (χ4n) is 2.79. The Morgan fingerprint density at radius 3 is 3.05 bits per heavy atom. The van der Waals surface area contributed by atoms with Gasteiger partial charge in [-0.2, -0.15) is 5.10 Å². The molecule has 1 N–H and O–H groups in total. The second kappa shape index (κ2) is 6.62. The summed E-state index contributed by atoms with van der Waals surface area (Å²) in [5, 5.41) is 7.87. The van der Waals surface area contributed by atoms with Gasteiger partial charge in [0.1, 0.15) is 5.69 Å². The first-order chi connectivity index (χ1) is 10.6. The summed E-state index contributed by atoms with van der Waals surface area (Å²) in [4.78, 5) is 16.7. The summed E-state index contributed by atoms with van der Waals surface area (Å²) >= 11 is 1.73. The molecular weight excluding hydrogens is 296 g/mol. The zero-order valence-corrected chi connectivity index (χ0v) is 13.9. The van der Waals surface area contributed by atoms with Crippen molar-refractivity contribution in [2.24, 2.45) is 0 Å². The summed E-state index contributed by atoms with van der Waals surface area (Å²) in [5.74, 6) is -0.0198. The minimum Gasteiger partial charge on any atom is -0.335 e. The highest BCUT2D eigenvalue weighted by Gasteiger charge is 2.19. The molecule has 3 rings (SSSR count). The van der Waals surface area contributed by atoms with Crippen LogP contribution in [-0.2, 0) is 6.54 Å². The van der Waals surface area contributed by atoms with Gasteiger partial charge in [-0.15, -0.1) is 11.3 Å². The number of hydrogen-bond donors (Lipinski definition) is 1. The Morgan fingerprint density at radius 2 is 2.36 bits per heavy atom. The van der Waals surface area contributed by atoms with E-state index in [4.69, 9.17) is 0 Å². The predicted molar refractivity (Wildman–Crippen MR) is 88.2 cm³/mol. The Morgan fingerprint density at radius 1 is 1.50 bits per heavy atom.